The summed E-state index contributed by atoms with van der Waals surface area (Å²) in [5.74, 6) is -0.887. The topological polar surface area (TPSA) is 52.6 Å². The summed E-state index contributed by atoms with van der Waals surface area (Å²) < 4.78 is 9.53. The fourth-order valence-electron chi connectivity index (χ4n) is 0.941. The van der Waals surface area contributed by atoms with Crippen LogP contribution in [0.2, 0.25) is 0 Å². The average molecular weight is 214 g/mol. The molecule has 86 valence electrons. The zero-order valence-electron chi connectivity index (χ0n) is 9.49. The van der Waals surface area contributed by atoms with Crippen molar-refractivity contribution in [1.82, 2.24) is 0 Å². The Morgan fingerprint density at radius 3 is 2.33 bits per heavy atom. The van der Waals surface area contributed by atoms with E-state index in [0.29, 0.717) is 13.2 Å². The van der Waals surface area contributed by atoms with Crippen molar-refractivity contribution < 1.29 is 19.1 Å². The second kappa shape index (κ2) is 8.03. The van der Waals surface area contributed by atoms with Crippen molar-refractivity contribution >= 4 is 11.9 Å². The van der Waals surface area contributed by atoms with Gasteiger partial charge in [0, 0.05) is 0 Å². The molecule has 0 amide bonds. The molecule has 15 heavy (non-hydrogen) atoms. The van der Waals surface area contributed by atoms with Crippen molar-refractivity contribution in [2.45, 2.75) is 27.2 Å². The second-order valence-corrected chi connectivity index (χ2v) is 2.98. The molecule has 0 aliphatic carbocycles. The first-order valence-corrected chi connectivity index (χ1v) is 5.10. The molecule has 4 nitrogen and oxygen atoms in total. The molecule has 0 radical (unpaired) electrons. The minimum absolute atomic E-state index is 0.192. The highest BCUT2D eigenvalue weighted by Crippen LogP contribution is 2.02. The van der Waals surface area contributed by atoms with E-state index in [1.165, 1.54) is 0 Å². The summed E-state index contributed by atoms with van der Waals surface area (Å²) in [5.41, 5.74) is 0. The van der Waals surface area contributed by atoms with Gasteiger partial charge in [-0.3, -0.25) is 9.59 Å². The predicted octanol–water partition coefficient (Wildman–Crippen LogP) is 1.70. The van der Waals surface area contributed by atoms with E-state index in [0.717, 1.165) is 0 Å². The van der Waals surface area contributed by atoms with Crippen LogP contribution in [0.4, 0.5) is 0 Å². The SMILES string of the molecule is CCOC(=O)CC=CC(C)C(=O)OCC. The Morgan fingerprint density at radius 2 is 1.80 bits per heavy atom. The second-order valence-electron chi connectivity index (χ2n) is 2.98. The summed E-state index contributed by atoms with van der Waals surface area (Å²) >= 11 is 0. The number of carbonyl (C=O) groups is 2. The first kappa shape index (κ1) is 13.7. The molecule has 0 spiro atoms. The minimum Gasteiger partial charge on any atom is -0.466 e. The van der Waals surface area contributed by atoms with Gasteiger partial charge < -0.3 is 9.47 Å². The molecule has 0 aliphatic heterocycles. The van der Waals surface area contributed by atoms with Gasteiger partial charge >= 0.3 is 11.9 Å². The van der Waals surface area contributed by atoms with Gasteiger partial charge in [0.15, 0.2) is 0 Å². The monoisotopic (exact) mass is 214 g/mol. The number of carbonyl (C=O) groups excluding carboxylic acids is 2. The fourth-order valence-corrected chi connectivity index (χ4v) is 0.941. The van der Waals surface area contributed by atoms with E-state index < -0.39 is 0 Å². The summed E-state index contributed by atoms with van der Waals surface area (Å²) in [6, 6.07) is 0. The normalized spacial score (nSPS) is 12.5. The quantitative estimate of drug-likeness (QED) is 0.498. The highest BCUT2D eigenvalue weighted by Gasteiger charge is 2.09. The maximum atomic E-state index is 11.2. The third-order valence-electron chi connectivity index (χ3n) is 1.67. The van der Waals surface area contributed by atoms with Crippen molar-refractivity contribution in [2.75, 3.05) is 13.2 Å². The standard InChI is InChI=1S/C11H18O4/c1-4-14-10(12)8-6-7-9(3)11(13)15-5-2/h6-7,9H,4-5,8H2,1-3H3. The first-order valence-electron chi connectivity index (χ1n) is 5.10. The van der Waals surface area contributed by atoms with Crippen LogP contribution in [0, 0.1) is 5.92 Å². The molecule has 0 aromatic heterocycles. The lowest BCUT2D eigenvalue weighted by atomic mass is 10.1. The Labute approximate surface area is 90.2 Å². The van der Waals surface area contributed by atoms with Crippen LogP contribution < -0.4 is 0 Å². The van der Waals surface area contributed by atoms with Crippen molar-refractivity contribution in [3.63, 3.8) is 0 Å². The smallest absolute Gasteiger partial charge is 0.312 e. The summed E-state index contributed by atoms with van der Waals surface area (Å²) in [7, 11) is 0. The molecule has 1 unspecified atom stereocenters. The van der Waals surface area contributed by atoms with Gasteiger partial charge in [0.25, 0.3) is 0 Å². The van der Waals surface area contributed by atoms with Crippen LogP contribution in [0.25, 0.3) is 0 Å². The Kier molecular flexibility index (Phi) is 7.32. The van der Waals surface area contributed by atoms with Gasteiger partial charge in [-0.05, 0) is 20.8 Å². The van der Waals surface area contributed by atoms with E-state index in [2.05, 4.69) is 0 Å². The molecule has 0 aliphatic rings. The Hall–Kier alpha value is -1.32. The molecule has 0 saturated carbocycles. The van der Waals surface area contributed by atoms with Crippen LogP contribution in [-0.2, 0) is 19.1 Å². The lowest BCUT2D eigenvalue weighted by molar-refractivity contribution is -0.146. The Morgan fingerprint density at radius 1 is 1.20 bits per heavy atom. The number of esters is 2. The highest BCUT2D eigenvalue weighted by atomic mass is 16.5. The van der Waals surface area contributed by atoms with E-state index in [4.69, 9.17) is 9.47 Å². The maximum Gasteiger partial charge on any atom is 0.312 e. The molecule has 0 fully saturated rings. The molecule has 0 rings (SSSR count). The van der Waals surface area contributed by atoms with Crippen molar-refractivity contribution in [2.24, 2.45) is 5.92 Å². The molecule has 0 aromatic carbocycles. The molecular formula is C11H18O4. The molecule has 0 saturated heterocycles. The zero-order chi connectivity index (χ0) is 11.7. The first-order chi connectivity index (χ1) is 7.11. The van der Waals surface area contributed by atoms with E-state index in [9.17, 15) is 9.59 Å². The number of ether oxygens (including phenoxy) is 2. The molecule has 0 aromatic rings. The van der Waals surface area contributed by atoms with Gasteiger partial charge in [-0.1, -0.05) is 12.2 Å². The van der Waals surface area contributed by atoms with Crippen LogP contribution in [0.5, 0.6) is 0 Å². The summed E-state index contributed by atoms with van der Waals surface area (Å²) in [5, 5.41) is 0. The van der Waals surface area contributed by atoms with Crippen LogP contribution in [0.3, 0.4) is 0 Å². The van der Waals surface area contributed by atoms with E-state index >= 15 is 0 Å². The van der Waals surface area contributed by atoms with Crippen molar-refractivity contribution in [3.8, 4) is 0 Å². The van der Waals surface area contributed by atoms with Gasteiger partial charge in [0.1, 0.15) is 0 Å². The van der Waals surface area contributed by atoms with Gasteiger partial charge in [-0.2, -0.15) is 0 Å². The van der Waals surface area contributed by atoms with Crippen LogP contribution in [0.15, 0.2) is 12.2 Å². The minimum atomic E-state index is -0.320. The van der Waals surface area contributed by atoms with Gasteiger partial charge in [0.05, 0.1) is 25.6 Å². The van der Waals surface area contributed by atoms with Crippen molar-refractivity contribution in [1.29, 1.82) is 0 Å². The van der Waals surface area contributed by atoms with E-state index in [1.807, 2.05) is 0 Å². The summed E-state index contributed by atoms with van der Waals surface area (Å²) in [6.07, 6.45) is 3.46. The Bertz CT molecular complexity index is 233. The van der Waals surface area contributed by atoms with Crippen LogP contribution >= 0.6 is 0 Å². The molecule has 0 bridgehead atoms. The summed E-state index contributed by atoms with van der Waals surface area (Å²) in [4.78, 5) is 22.1. The van der Waals surface area contributed by atoms with E-state index in [-0.39, 0.29) is 24.3 Å². The van der Waals surface area contributed by atoms with Crippen LogP contribution in [0.1, 0.15) is 27.2 Å². The van der Waals surface area contributed by atoms with Gasteiger partial charge in [-0.15, -0.1) is 0 Å². The molecule has 1 atom stereocenters. The zero-order valence-corrected chi connectivity index (χ0v) is 9.49. The van der Waals surface area contributed by atoms with Crippen LogP contribution in [-0.4, -0.2) is 25.2 Å². The fraction of sp³-hybridized carbons (Fsp3) is 0.636. The average Bonchev–Trinajstić information content (AvgIpc) is 2.18. The lowest BCUT2D eigenvalue weighted by Gasteiger charge is -2.04. The van der Waals surface area contributed by atoms with E-state index in [1.54, 1.807) is 32.9 Å². The highest BCUT2D eigenvalue weighted by molar-refractivity contribution is 5.75. The predicted molar refractivity (Wildman–Crippen MR) is 56.2 cm³/mol. The van der Waals surface area contributed by atoms with Crippen molar-refractivity contribution in [3.05, 3.63) is 12.2 Å². The molecule has 0 heterocycles. The molecule has 4 heteroatoms. The number of hydrogen-bond donors (Lipinski definition) is 0. The third-order valence-corrected chi connectivity index (χ3v) is 1.67. The molecule has 0 N–H and O–H groups in total. The molecular weight excluding hydrogens is 196 g/mol. The maximum absolute atomic E-state index is 11.2. The number of hydrogen-bond acceptors (Lipinski definition) is 4. The lowest BCUT2D eigenvalue weighted by Crippen LogP contribution is -2.12. The number of rotatable bonds is 6. The van der Waals surface area contributed by atoms with Gasteiger partial charge in [-0.25, -0.2) is 0 Å². The van der Waals surface area contributed by atoms with Gasteiger partial charge in [0.2, 0.25) is 0 Å². The third kappa shape index (κ3) is 6.71. The summed E-state index contributed by atoms with van der Waals surface area (Å²) in [6.45, 7) is 5.98. The largest absolute Gasteiger partial charge is 0.466 e. The Balaban J connectivity index is 3.85.